The second-order valence-electron chi connectivity index (χ2n) is 2.67. The van der Waals surface area contributed by atoms with E-state index in [2.05, 4.69) is 18.1 Å². The molecule has 0 aromatic heterocycles. The van der Waals surface area contributed by atoms with Gasteiger partial charge >= 0.3 is 0 Å². The molecule has 0 aliphatic carbocycles. The molecule has 0 bridgehead atoms. The number of hydrogen-bond donors (Lipinski definition) is 0. The van der Waals surface area contributed by atoms with Crippen LogP contribution in [0.3, 0.4) is 0 Å². The van der Waals surface area contributed by atoms with Crippen LogP contribution in [0.15, 0.2) is 29.4 Å². The van der Waals surface area contributed by atoms with Gasteiger partial charge in [-0.2, -0.15) is 0 Å². The monoisotopic (exact) mass is 193 g/mol. The van der Waals surface area contributed by atoms with Crippen molar-refractivity contribution in [2.24, 2.45) is 5.16 Å². The first-order valence-electron chi connectivity index (χ1n) is 4.89. The van der Waals surface area contributed by atoms with Crippen LogP contribution in [0.25, 0.3) is 0 Å². The van der Waals surface area contributed by atoms with E-state index in [0.717, 1.165) is 11.3 Å². The first-order valence-corrected chi connectivity index (χ1v) is 4.89. The SMILES string of the molecule is CC.CO/N=C(/C)c1ccccc1C. The fraction of sp³-hybridized carbons (Fsp3) is 0.417. The number of aryl methyl sites for hydroxylation is 1. The number of rotatable bonds is 2. The Kier molecular flexibility index (Phi) is 6.46. The van der Waals surface area contributed by atoms with E-state index in [9.17, 15) is 0 Å². The van der Waals surface area contributed by atoms with Gasteiger partial charge in [-0.1, -0.05) is 43.3 Å². The summed E-state index contributed by atoms with van der Waals surface area (Å²) in [6.07, 6.45) is 0. The zero-order chi connectivity index (χ0) is 11.0. The molecule has 0 heterocycles. The molecule has 0 saturated heterocycles. The van der Waals surface area contributed by atoms with E-state index < -0.39 is 0 Å². The highest BCUT2D eigenvalue weighted by molar-refractivity contribution is 5.99. The molecular weight excluding hydrogens is 174 g/mol. The van der Waals surface area contributed by atoms with Crippen LogP contribution < -0.4 is 0 Å². The van der Waals surface area contributed by atoms with E-state index in [4.69, 9.17) is 4.84 Å². The molecule has 2 heteroatoms. The minimum Gasteiger partial charge on any atom is -0.399 e. The van der Waals surface area contributed by atoms with E-state index in [-0.39, 0.29) is 0 Å². The largest absolute Gasteiger partial charge is 0.399 e. The van der Waals surface area contributed by atoms with Crippen LogP contribution in [0.4, 0.5) is 0 Å². The van der Waals surface area contributed by atoms with Crippen LogP contribution in [0.5, 0.6) is 0 Å². The first-order chi connectivity index (χ1) is 6.75. The lowest BCUT2D eigenvalue weighted by atomic mass is 10.1. The molecule has 0 unspecified atom stereocenters. The Bertz CT molecular complexity index is 292. The lowest BCUT2D eigenvalue weighted by Crippen LogP contribution is -1.97. The molecule has 0 N–H and O–H groups in total. The van der Waals surface area contributed by atoms with E-state index in [1.165, 1.54) is 5.56 Å². The van der Waals surface area contributed by atoms with Crippen molar-refractivity contribution in [3.63, 3.8) is 0 Å². The van der Waals surface area contributed by atoms with Gasteiger partial charge in [0.05, 0.1) is 5.71 Å². The van der Waals surface area contributed by atoms with Crippen LogP contribution in [0.1, 0.15) is 31.9 Å². The normalized spacial score (nSPS) is 10.2. The summed E-state index contributed by atoms with van der Waals surface area (Å²) in [6, 6.07) is 8.10. The van der Waals surface area contributed by atoms with E-state index in [0.29, 0.717) is 0 Å². The fourth-order valence-electron chi connectivity index (χ4n) is 1.16. The predicted molar refractivity (Wildman–Crippen MR) is 61.7 cm³/mol. The van der Waals surface area contributed by atoms with Crippen molar-refractivity contribution >= 4 is 5.71 Å². The summed E-state index contributed by atoms with van der Waals surface area (Å²) in [7, 11) is 1.56. The molecule has 0 saturated carbocycles. The zero-order valence-electron chi connectivity index (χ0n) is 9.66. The highest BCUT2D eigenvalue weighted by atomic mass is 16.6. The number of hydrogen-bond acceptors (Lipinski definition) is 2. The minimum atomic E-state index is 0.913. The van der Waals surface area contributed by atoms with Gasteiger partial charge < -0.3 is 4.84 Å². The summed E-state index contributed by atoms with van der Waals surface area (Å²) < 4.78 is 0. The maximum atomic E-state index is 4.70. The lowest BCUT2D eigenvalue weighted by molar-refractivity contribution is 0.213. The highest BCUT2D eigenvalue weighted by Gasteiger charge is 1.99. The average Bonchev–Trinajstić information content (AvgIpc) is 2.22. The van der Waals surface area contributed by atoms with Gasteiger partial charge in [0.1, 0.15) is 7.11 Å². The van der Waals surface area contributed by atoms with Crippen molar-refractivity contribution in [2.75, 3.05) is 7.11 Å². The second kappa shape index (κ2) is 7.13. The fourth-order valence-corrected chi connectivity index (χ4v) is 1.16. The van der Waals surface area contributed by atoms with Gasteiger partial charge in [-0.05, 0) is 19.4 Å². The Hall–Kier alpha value is -1.31. The van der Waals surface area contributed by atoms with Gasteiger partial charge in [0.2, 0.25) is 0 Å². The number of oxime groups is 1. The molecule has 0 radical (unpaired) electrons. The van der Waals surface area contributed by atoms with Crippen molar-refractivity contribution in [1.82, 2.24) is 0 Å². The zero-order valence-corrected chi connectivity index (χ0v) is 9.66. The van der Waals surface area contributed by atoms with Gasteiger partial charge in [0.15, 0.2) is 0 Å². The van der Waals surface area contributed by atoms with Crippen molar-refractivity contribution in [3.05, 3.63) is 35.4 Å². The topological polar surface area (TPSA) is 21.6 Å². The molecule has 0 aliphatic heterocycles. The van der Waals surface area contributed by atoms with E-state index >= 15 is 0 Å². The van der Waals surface area contributed by atoms with Gasteiger partial charge in [-0.25, -0.2) is 0 Å². The molecule has 1 aromatic carbocycles. The molecule has 78 valence electrons. The molecule has 0 aliphatic rings. The smallest absolute Gasteiger partial charge is 0.106 e. The van der Waals surface area contributed by atoms with Crippen LogP contribution in [-0.4, -0.2) is 12.8 Å². The van der Waals surface area contributed by atoms with E-state index in [1.807, 2.05) is 39.0 Å². The summed E-state index contributed by atoms with van der Waals surface area (Å²) in [6.45, 7) is 8.00. The third-order valence-corrected chi connectivity index (χ3v) is 1.76. The number of benzene rings is 1. The van der Waals surface area contributed by atoms with Crippen molar-refractivity contribution in [3.8, 4) is 0 Å². The van der Waals surface area contributed by atoms with Crippen molar-refractivity contribution in [2.45, 2.75) is 27.7 Å². The van der Waals surface area contributed by atoms with Crippen molar-refractivity contribution in [1.29, 1.82) is 0 Å². The molecule has 1 aromatic rings. The Labute approximate surface area is 86.6 Å². The van der Waals surface area contributed by atoms with Gasteiger partial charge in [-0.3, -0.25) is 0 Å². The second-order valence-corrected chi connectivity index (χ2v) is 2.67. The lowest BCUT2D eigenvalue weighted by Gasteiger charge is -2.02. The van der Waals surface area contributed by atoms with Crippen molar-refractivity contribution < 1.29 is 4.84 Å². The summed E-state index contributed by atoms with van der Waals surface area (Å²) in [5, 5.41) is 3.87. The summed E-state index contributed by atoms with van der Waals surface area (Å²) >= 11 is 0. The average molecular weight is 193 g/mol. The van der Waals surface area contributed by atoms with Gasteiger partial charge in [0, 0.05) is 5.56 Å². The Morgan fingerprint density at radius 3 is 2.29 bits per heavy atom. The predicted octanol–water partition coefficient (Wildman–Crippen LogP) is 3.39. The van der Waals surface area contributed by atoms with Crippen LogP contribution in [-0.2, 0) is 4.84 Å². The number of nitrogens with zero attached hydrogens (tertiary/aromatic N) is 1. The van der Waals surface area contributed by atoms with Crippen LogP contribution in [0.2, 0.25) is 0 Å². The van der Waals surface area contributed by atoms with Gasteiger partial charge in [-0.15, -0.1) is 0 Å². The minimum absolute atomic E-state index is 0.913. The summed E-state index contributed by atoms with van der Waals surface area (Å²) in [4.78, 5) is 4.70. The van der Waals surface area contributed by atoms with Gasteiger partial charge in [0.25, 0.3) is 0 Å². The maximum Gasteiger partial charge on any atom is 0.106 e. The maximum absolute atomic E-state index is 4.70. The molecule has 0 amide bonds. The van der Waals surface area contributed by atoms with E-state index in [1.54, 1.807) is 7.11 Å². The summed E-state index contributed by atoms with van der Waals surface area (Å²) in [5.74, 6) is 0. The molecule has 1 rings (SSSR count). The standard InChI is InChI=1S/C10H13NO.C2H6/c1-8-6-4-5-7-10(8)9(2)11-12-3;1-2/h4-7H,1-3H3;1-2H3/b11-9-;. The van der Waals surface area contributed by atoms with Crippen LogP contribution >= 0.6 is 0 Å². The molecule has 0 fully saturated rings. The Morgan fingerprint density at radius 1 is 1.21 bits per heavy atom. The summed E-state index contributed by atoms with van der Waals surface area (Å²) in [5.41, 5.74) is 3.27. The Balaban J connectivity index is 0.000000791. The van der Waals surface area contributed by atoms with Crippen LogP contribution in [0, 0.1) is 6.92 Å². The molecule has 0 spiro atoms. The molecule has 0 atom stereocenters. The molecule has 14 heavy (non-hydrogen) atoms. The third-order valence-electron chi connectivity index (χ3n) is 1.76. The first kappa shape index (κ1) is 12.7. The molecule has 2 nitrogen and oxygen atoms in total. The third kappa shape index (κ3) is 3.60. The highest BCUT2D eigenvalue weighted by Crippen LogP contribution is 2.08. The quantitative estimate of drug-likeness (QED) is 0.521. The Morgan fingerprint density at radius 2 is 1.79 bits per heavy atom. The molecular formula is C12H19NO.